The summed E-state index contributed by atoms with van der Waals surface area (Å²) in [5, 5.41) is 0. The first-order valence-corrected chi connectivity index (χ1v) is 5.08. The Hall–Kier alpha value is -0.690. The van der Waals surface area contributed by atoms with Crippen molar-refractivity contribution in [1.29, 1.82) is 0 Å². The molecule has 0 fully saturated rings. The number of hydrogen-bond donors (Lipinski definition) is 0. The van der Waals surface area contributed by atoms with Gasteiger partial charge in [-0.05, 0) is 13.8 Å². The average molecular weight is 232 g/mol. The molecule has 1 unspecified atom stereocenters. The zero-order chi connectivity index (χ0) is 11.6. The summed E-state index contributed by atoms with van der Waals surface area (Å²) in [6.45, 7) is 8.68. The average Bonchev–Trinajstić information content (AvgIpc) is 1.98. The number of hydrogen-bond acceptors (Lipinski definition) is 4. The van der Waals surface area contributed by atoms with Crippen molar-refractivity contribution < 1.29 is 25.7 Å². The SMILES string of the molecule is C=COCC(C)OCC.O=S(=O)(F)F. The van der Waals surface area contributed by atoms with Gasteiger partial charge in [0, 0.05) is 6.61 Å². The highest BCUT2D eigenvalue weighted by Crippen LogP contribution is 1.90. The maximum atomic E-state index is 9.99. The van der Waals surface area contributed by atoms with Gasteiger partial charge in [-0.1, -0.05) is 14.4 Å². The molecule has 0 rings (SSSR count). The first-order chi connectivity index (χ1) is 6.31. The molecule has 0 saturated heterocycles. The second-order valence-corrected chi connectivity index (χ2v) is 2.90. The van der Waals surface area contributed by atoms with Gasteiger partial charge in [0.2, 0.25) is 0 Å². The van der Waals surface area contributed by atoms with Gasteiger partial charge in [0.05, 0.1) is 12.4 Å². The van der Waals surface area contributed by atoms with Crippen LogP contribution in [0.15, 0.2) is 12.8 Å². The first kappa shape index (κ1) is 15.8. The zero-order valence-electron chi connectivity index (χ0n) is 8.07. The Balaban J connectivity index is 0. The Morgan fingerprint density at radius 2 is 1.93 bits per heavy atom. The molecule has 0 aromatic carbocycles. The van der Waals surface area contributed by atoms with E-state index in [0.29, 0.717) is 6.61 Å². The highest BCUT2D eigenvalue weighted by molar-refractivity contribution is 7.81. The summed E-state index contributed by atoms with van der Waals surface area (Å²) in [4.78, 5) is 0. The summed E-state index contributed by atoms with van der Waals surface area (Å²) in [5.41, 5.74) is 0. The minimum Gasteiger partial charge on any atom is -0.499 e. The van der Waals surface area contributed by atoms with E-state index in [4.69, 9.17) is 17.9 Å². The molecule has 0 aliphatic carbocycles. The van der Waals surface area contributed by atoms with Crippen LogP contribution in [0.4, 0.5) is 7.77 Å². The van der Waals surface area contributed by atoms with Crippen LogP contribution in [0, 0.1) is 0 Å². The smallest absolute Gasteiger partial charge is 0.476 e. The molecule has 0 spiro atoms. The normalized spacial score (nSPS) is 12.3. The molecule has 0 heterocycles. The number of halogens is 2. The zero-order valence-corrected chi connectivity index (χ0v) is 8.89. The molecule has 14 heavy (non-hydrogen) atoms. The van der Waals surface area contributed by atoms with E-state index in [-0.39, 0.29) is 6.10 Å². The van der Waals surface area contributed by atoms with Crippen LogP contribution in [-0.2, 0) is 20.1 Å². The summed E-state index contributed by atoms with van der Waals surface area (Å²) in [6, 6.07) is 0. The lowest BCUT2D eigenvalue weighted by Gasteiger charge is -2.09. The van der Waals surface area contributed by atoms with Crippen LogP contribution in [-0.4, -0.2) is 27.7 Å². The van der Waals surface area contributed by atoms with Gasteiger partial charge < -0.3 is 9.47 Å². The van der Waals surface area contributed by atoms with Crippen molar-refractivity contribution in [2.45, 2.75) is 20.0 Å². The fourth-order valence-corrected chi connectivity index (χ4v) is 0.536. The van der Waals surface area contributed by atoms with Gasteiger partial charge in [0.25, 0.3) is 0 Å². The van der Waals surface area contributed by atoms with E-state index in [9.17, 15) is 7.77 Å². The molecule has 0 radical (unpaired) electrons. The Labute approximate surface area is 83.0 Å². The van der Waals surface area contributed by atoms with Crippen molar-refractivity contribution in [1.82, 2.24) is 0 Å². The van der Waals surface area contributed by atoms with Gasteiger partial charge in [0.15, 0.2) is 0 Å². The van der Waals surface area contributed by atoms with E-state index < -0.39 is 10.6 Å². The van der Waals surface area contributed by atoms with Crippen molar-refractivity contribution in [2.75, 3.05) is 13.2 Å². The molecule has 0 aromatic heterocycles. The van der Waals surface area contributed by atoms with Crippen LogP contribution in [0.25, 0.3) is 0 Å². The van der Waals surface area contributed by atoms with E-state index >= 15 is 0 Å². The third-order valence-electron chi connectivity index (χ3n) is 0.900. The largest absolute Gasteiger partial charge is 0.499 e. The van der Waals surface area contributed by atoms with Gasteiger partial charge in [-0.15, -0.1) is 0 Å². The molecule has 0 aliphatic heterocycles. The lowest BCUT2D eigenvalue weighted by molar-refractivity contribution is 0.0271. The van der Waals surface area contributed by atoms with Gasteiger partial charge in [-0.25, -0.2) is 0 Å². The molecule has 4 nitrogen and oxygen atoms in total. The van der Waals surface area contributed by atoms with Crippen LogP contribution in [0.5, 0.6) is 0 Å². The fourth-order valence-electron chi connectivity index (χ4n) is 0.536. The highest BCUT2D eigenvalue weighted by atomic mass is 32.3. The van der Waals surface area contributed by atoms with Gasteiger partial charge in [-0.2, -0.15) is 8.42 Å². The summed E-state index contributed by atoms with van der Waals surface area (Å²) < 4.78 is 46.6. The van der Waals surface area contributed by atoms with Gasteiger partial charge >= 0.3 is 10.6 Å². The molecule has 0 amide bonds. The van der Waals surface area contributed by atoms with E-state index in [0.717, 1.165) is 6.61 Å². The van der Waals surface area contributed by atoms with E-state index in [1.54, 1.807) is 0 Å². The first-order valence-electron chi connectivity index (χ1n) is 3.79. The molecule has 1 atom stereocenters. The maximum absolute atomic E-state index is 9.99. The van der Waals surface area contributed by atoms with Crippen LogP contribution in [0.3, 0.4) is 0 Å². The topological polar surface area (TPSA) is 52.6 Å². The molecule has 0 saturated carbocycles. The Bertz CT molecular complexity index is 220. The standard InChI is InChI=1S/C7H14O2.F2O2S/c1-4-8-6-7(3)9-5-2;1-5(2,3)4/h4,7H,1,5-6H2,2-3H3;. The van der Waals surface area contributed by atoms with Gasteiger partial charge in [-0.3, -0.25) is 0 Å². The second kappa shape index (κ2) is 8.89. The molecule has 0 bridgehead atoms. The predicted octanol–water partition coefficient (Wildman–Crippen LogP) is 1.74. The third kappa shape index (κ3) is 30.2. The second-order valence-electron chi connectivity index (χ2n) is 2.14. The van der Waals surface area contributed by atoms with Crippen molar-refractivity contribution in [3.63, 3.8) is 0 Å². The highest BCUT2D eigenvalue weighted by Gasteiger charge is 1.97. The van der Waals surface area contributed by atoms with Crippen LogP contribution >= 0.6 is 0 Å². The quantitative estimate of drug-likeness (QED) is 0.535. The van der Waals surface area contributed by atoms with Crippen molar-refractivity contribution in [3.8, 4) is 0 Å². The predicted molar refractivity (Wildman–Crippen MR) is 48.4 cm³/mol. The van der Waals surface area contributed by atoms with Gasteiger partial charge in [0.1, 0.15) is 6.61 Å². The van der Waals surface area contributed by atoms with Crippen LogP contribution in [0.2, 0.25) is 0 Å². The van der Waals surface area contributed by atoms with E-state index in [2.05, 4.69) is 6.58 Å². The minimum absolute atomic E-state index is 0.174. The molecular formula is C7H14F2O4S. The molecular weight excluding hydrogens is 218 g/mol. The third-order valence-corrected chi connectivity index (χ3v) is 0.900. The molecule has 0 aliphatic rings. The number of ether oxygens (including phenoxy) is 2. The summed E-state index contributed by atoms with van der Waals surface area (Å²) >= 11 is 0. The number of rotatable bonds is 5. The van der Waals surface area contributed by atoms with Crippen molar-refractivity contribution in [3.05, 3.63) is 12.8 Å². The Morgan fingerprint density at radius 3 is 2.21 bits per heavy atom. The maximum Gasteiger partial charge on any atom is 0.476 e. The molecule has 0 N–H and O–H groups in total. The van der Waals surface area contributed by atoms with Crippen LogP contribution < -0.4 is 0 Å². The summed E-state index contributed by atoms with van der Waals surface area (Å²) in [6.07, 6.45) is 1.60. The minimum atomic E-state index is -5.67. The lowest BCUT2D eigenvalue weighted by Crippen LogP contribution is -2.13. The molecule has 0 aromatic rings. The summed E-state index contributed by atoms with van der Waals surface area (Å²) in [7, 11) is -5.67. The lowest BCUT2D eigenvalue weighted by atomic mass is 10.4. The van der Waals surface area contributed by atoms with Crippen molar-refractivity contribution >= 4 is 10.6 Å². The Kier molecular flexibility index (Phi) is 10.0. The molecule has 7 heteroatoms. The summed E-state index contributed by atoms with van der Waals surface area (Å²) in [5.74, 6) is 0. The van der Waals surface area contributed by atoms with Crippen molar-refractivity contribution in [2.24, 2.45) is 0 Å². The Morgan fingerprint density at radius 1 is 1.50 bits per heavy atom. The van der Waals surface area contributed by atoms with Crippen LogP contribution in [0.1, 0.15) is 13.8 Å². The fraction of sp³-hybridized carbons (Fsp3) is 0.714. The molecule has 86 valence electrons. The monoisotopic (exact) mass is 232 g/mol. The van der Waals surface area contributed by atoms with E-state index in [1.807, 2.05) is 13.8 Å². The van der Waals surface area contributed by atoms with E-state index in [1.165, 1.54) is 6.26 Å².